The van der Waals surface area contributed by atoms with Gasteiger partial charge in [-0.05, 0) is 6.07 Å². The zero-order valence-corrected chi connectivity index (χ0v) is 5.77. The van der Waals surface area contributed by atoms with Crippen molar-refractivity contribution in [2.24, 2.45) is 0 Å². The van der Waals surface area contributed by atoms with Gasteiger partial charge < -0.3 is 10.2 Å². The quantitative estimate of drug-likeness (QED) is 0.659. The summed E-state index contributed by atoms with van der Waals surface area (Å²) in [6.07, 6.45) is 4.96. The molecule has 2 heterocycles. The number of nitrogens with two attached hydrogens (primary N) is 1. The first-order valence-corrected chi connectivity index (χ1v) is 3.20. The molecule has 2 N–H and O–H groups in total. The van der Waals surface area contributed by atoms with Gasteiger partial charge in [-0.3, -0.25) is 4.57 Å². The molecule has 0 aliphatic carbocycles. The predicted octanol–water partition coefficient (Wildman–Crippen LogP) is 1.05. The van der Waals surface area contributed by atoms with Gasteiger partial charge in [0.2, 0.25) is 11.8 Å². The Labute approximate surface area is 63.3 Å². The lowest BCUT2D eigenvalue weighted by Gasteiger charge is -1.96. The van der Waals surface area contributed by atoms with Crippen LogP contribution in [0.1, 0.15) is 0 Å². The molecule has 2 aromatic heterocycles. The standard InChI is InChI=1S/C7H7N3O/c8-7-9-3-4-10(7)6-2-1-5-11-6/h1-5H,(H2,8,9). The minimum atomic E-state index is 0.431. The molecule has 11 heavy (non-hydrogen) atoms. The third-order valence-corrected chi connectivity index (χ3v) is 1.41. The van der Waals surface area contributed by atoms with Crippen LogP contribution in [-0.4, -0.2) is 9.55 Å². The molecular formula is C7H7N3O. The highest BCUT2D eigenvalue weighted by molar-refractivity contribution is 5.30. The molecule has 2 aromatic rings. The summed E-state index contributed by atoms with van der Waals surface area (Å²) in [4.78, 5) is 3.85. The van der Waals surface area contributed by atoms with Crippen LogP contribution in [-0.2, 0) is 0 Å². The minimum Gasteiger partial charge on any atom is -0.448 e. The third-order valence-electron chi connectivity index (χ3n) is 1.41. The molecule has 0 spiro atoms. The lowest BCUT2D eigenvalue weighted by Crippen LogP contribution is -1.97. The second kappa shape index (κ2) is 2.16. The molecule has 0 radical (unpaired) electrons. The van der Waals surface area contributed by atoms with E-state index in [1.807, 2.05) is 6.07 Å². The topological polar surface area (TPSA) is 57.0 Å². The molecule has 0 saturated carbocycles. The molecule has 4 heteroatoms. The normalized spacial score (nSPS) is 10.2. The van der Waals surface area contributed by atoms with Crippen LogP contribution >= 0.6 is 0 Å². The number of furan rings is 1. The van der Waals surface area contributed by atoms with Crippen molar-refractivity contribution >= 4 is 5.95 Å². The maximum atomic E-state index is 5.52. The zero-order valence-electron chi connectivity index (χ0n) is 5.77. The van der Waals surface area contributed by atoms with E-state index in [-0.39, 0.29) is 0 Å². The van der Waals surface area contributed by atoms with E-state index >= 15 is 0 Å². The van der Waals surface area contributed by atoms with Gasteiger partial charge in [-0.2, -0.15) is 0 Å². The van der Waals surface area contributed by atoms with Crippen molar-refractivity contribution in [2.75, 3.05) is 5.73 Å². The van der Waals surface area contributed by atoms with Gasteiger partial charge in [0.05, 0.1) is 6.26 Å². The van der Waals surface area contributed by atoms with Crippen molar-refractivity contribution in [3.8, 4) is 5.88 Å². The molecule has 0 atom stereocenters. The Bertz CT molecular complexity index is 336. The second-order valence-corrected chi connectivity index (χ2v) is 2.11. The van der Waals surface area contributed by atoms with E-state index in [2.05, 4.69) is 4.98 Å². The van der Waals surface area contributed by atoms with E-state index in [0.717, 1.165) is 0 Å². The van der Waals surface area contributed by atoms with Gasteiger partial charge >= 0.3 is 0 Å². The predicted molar refractivity (Wildman–Crippen MR) is 40.2 cm³/mol. The average molecular weight is 149 g/mol. The number of hydrogen-bond donors (Lipinski definition) is 1. The number of nitrogen functional groups attached to an aromatic ring is 1. The Morgan fingerprint density at radius 3 is 3.00 bits per heavy atom. The summed E-state index contributed by atoms with van der Waals surface area (Å²) in [5.41, 5.74) is 5.52. The maximum absolute atomic E-state index is 5.52. The fourth-order valence-electron chi connectivity index (χ4n) is 0.908. The van der Waals surface area contributed by atoms with Gasteiger partial charge in [-0.1, -0.05) is 0 Å². The van der Waals surface area contributed by atoms with Crippen molar-refractivity contribution in [3.63, 3.8) is 0 Å². The highest BCUT2D eigenvalue weighted by atomic mass is 16.3. The van der Waals surface area contributed by atoms with Crippen LogP contribution in [0.2, 0.25) is 0 Å². The number of hydrogen-bond acceptors (Lipinski definition) is 3. The van der Waals surface area contributed by atoms with E-state index in [4.69, 9.17) is 10.2 Å². The molecule has 0 amide bonds. The van der Waals surface area contributed by atoms with E-state index < -0.39 is 0 Å². The summed E-state index contributed by atoms with van der Waals surface area (Å²) in [5.74, 6) is 1.11. The first-order valence-electron chi connectivity index (χ1n) is 3.20. The molecule has 2 rings (SSSR count). The van der Waals surface area contributed by atoms with Crippen molar-refractivity contribution in [1.29, 1.82) is 0 Å². The maximum Gasteiger partial charge on any atom is 0.207 e. The van der Waals surface area contributed by atoms with Crippen LogP contribution < -0.4 is 5.73 Å². The van der Waals surface area contributed by atoms with Crippen LogP contribution in [0.5, 0.6) is 0 Å². The summed E-state index contributed by atoms with van der Waals surface area (Å²) in [5, 5.41) is 0. The molecule has 0 bridgehead atoms. The van der Waals surface area contributed by atoms with E-state index in [1.54, 1.807) is 29.3 Å². The van der Waals surface area contributed by atoms with Crippen LogP contribution in [0, 0.1) is 0 Å². The Kier molecular flexibility index (Phi) is 1.18. The summed E-state index contributed by atoms with van der Waals surface area (Å²) in [6.45, 7) is 0. The smallest absolute Gasteiger partial charge is 0.207 e. The Morgan fingerprint density at radius 1 is 1.55 bits per heavy atom. The zero-order chi connectivity index (χ0) is 7.68. The molecular weight excluding hydrogens is 142 g/mol. The molecule has 0 unspecified atom stereocenters. The summed E-state index contributed by atoms with van der Waals surface area (Å²) in [7, 11) is 0. The largest absolute Gasteiger partial charge is 0.448 e. The fourth-order valence-corrected chi connectivity index (χ4v) is 0.908. The minimum absolute atomic E-state index is 0.431. The molecule has 0 aliphatic rings. The van der Waals surface area contributed by atoms with Crippen molar-refractivity contribution in [2.45, 2.75) is 0 Å². The monoisotopic (exact) mass is 149 g/mol. The summed E-state index contributed by atoms with van der Waals surface area (Å²) in [6, 6.07) is 3.62. The lowest BCUT2D eigenvalue weighted by atomic mass is 10.6. The number of imidazole rings is 1. The van der Waals surface area contributed by atoms with Crippen molar-refractivity contribution in [1.82, 2.24) is 9.55 Å². The third kappa shape index (κ3) is 0.881. The summed E-state index contributed by atoms with van der Waals surface area (Å²) >= 11 is 0. The molecule has 0 saturated heterocycles. The van der Waals surface area contributed by atoms with Crippen LogP contribution in [0.15, 0.2) is 35.2 Å². The molecule has 0 aliphatic heterocycles. The molecule has 0 fully saturated rings. The number of aromatic nitrogens is 2. The van der Waals surface area contributed by atoms with Crippen molar-refractivity contribution < 1.29 is 4.42 Å². The second-order valence-electron chi connectivity index (χ2n) is 2.11. The number of rotatable bonds is 1. The first kappa shape index (κ1) is 6.03. The first-order chi connectivity index (χ1) is 5.38. The Balaban J connectivity index is 2.53. The van der Waals surface area contributed by atoms with Gasteiger partial charge in [-0.15, -0.1) is 0 Å². The van der Waals surface area contributed by atoms with Crippen LogP contribution in [0.4, 0.5) is 5.95 Å². The number of nitrogens with zero attached hydrogens (tertiary/aromatic N) is 2. The van der Waals surface area contributed by atoms with Crippen LogP contribution in [0.3, 0.4) is 0 Å². The van der Waals surface area contributed by atoms with Crippen molar-refractivity contribution in [3.05, 3.63) is 30.8 Å². The van der Waals surface area contributed by atoms with Crippen LogP contribution in [0.25, 0.3) is 5.88 Å². The molecule has 0 aromatic carbocycles. The van der Waals surface area contributed by atoms with Gasteiger partial charge in [-0.25, -0.2) is 4.98 Å². The number of anilines is 1. The lowest BCUT2D eigenvalue weighted by molar-refractivity contribution is 0.540. The average Bonchev–Trinajstić information content (AvgIpc) is 2.55. The Hall–Kier alpha value is -1.71. The highest BCUT2D eigenvalue weighted by Gasteiger charge is 2.01. The van der Waals surface area contributed by atoms with Gasteiger partial charge in [0, 0.05) is 18.5 Å². The Morgan fingerprint density at radius 2 is 2.45 bits per heavy atom. The highest BCUT2D eigenvalue weighted by Crippen LogP contribution is 2.11. The van der Waals surface area contributed by atoms with E-state index in [9.17, 15) is 0 Å². The SMILES string of the molecule is Nc1nccn1-c1ccco1. The summed E-state index contributed by atoms with van der Waals surface area (Å²) < 4.78 is 6.77. The van der Waals surface area contributed by atoms with Gasteiger partial charge in [0.25, 0.3) is 0 Å². The van der Waals surface area contributed by atoms with E-state index in [0.29, 0.717) is 11.8 Å². The molecule has 4 nitrogen and oxygen atoms in total. The van der Waals surface area contributed by atoms with Gasteiger partial charge in [0.1, 0.15) is 0 Å². The van der Waals surface area contributed by atoms with E-state index in [1.165, 1.54) is 0 Å². The molecule has 56 valence electrons. The fraction of sp³-hybridized carbons (Fsp3) is 0. The van der Waals surface area contributed by atoms with Gasteiger partial charge in [0.15, 0.2) is 0 Å².